The predicted octanol–water partition coefficient (Wildman–Crippen LogP) is 3.92. The molecule has 2 aromatic heterocycles. The summed E-state index contributed by atoms with van der Waals surface area (Å²) < 4.78 is 5.24. The molecule has 1 aliphatic rings. The van der Waals surface area contributed by atoms with Crippen molar-refractivity contribution in [1.82, 2.24) is 19.8 Å². The number of H-pyrrole nitrogens is 1. The van der Waals surface area contributed by atoms with Crippen LogP contribution in [0.15, 0.2) is 54.9 Å². The van der Waals surface area contributed by atoms with Crippen LogP contribution >= 0.6 is 0 Å². The normalized spacial score (nSPS) is 16.1. The molecule has 0 atom stereocenters. The lowest BCUT2D eigenvalue weighted by atomic mass is 9.96. The Kier molecular flexibility index (Phi) is 6.93. The minimum Gasteiger partial charge on any atom is -0.383 e. The van der Waals surface area contributed by atoms with Crippen molar-refractivity contribution in [3.8, 4) is 0 Å². The third kappa shape index (κ3) is 5.66. The topological polar surface area (TPSA) is 44.4 Å². The van der Waals surface area contributed by atoms with Crippen LogP contribution in [0.2, 0.25) is 0 Å². The molecule has 3 heterocycles. The zero-order valence-corrected chi connectivity index (χ0v) is 17.4. The fourth-order valence-electron chi connectivity index (χ4n) is 4.37. The summed E-state index contributed by atoms with van der Waals surface area (Å²) in [4.78, 5) is 12.9. The molecule has 4 rings (SSSR count). The van der Waals surface area contributed by atoms with E-state index in [-0.39, 0.29) is 0 Å². The molecule has 5 heteroatoms. The van der Waals surface area contributed by atoms with E-state index < -0.39 is 0 Å². The van der Waals surface area contributed by atoms with Crippen LogP contribution in [0, 0.1) is 5.92 Å². The minimum absolute atomic E-state index is 0.750. The number of aromatic amines is 1. The highest BCUT2D eigenvalue weighted by Crippen LogP contribution is 2.22. The molecule has 5 nitrogen and oxygen atoms in total. The molecule has 0 amide bonds. The highest BCUT2D eigenvalue weighted by Gasteiger charge is 2.22. The Balaban J connectivity index is 1.41. The first-order valence-electron chi connectivity index (χ1n) is 10.7. The number of ether oxygens (including phenoxy) is 1. The minimum atomic E-state index is 0.750. The summed E-state index contributed by atoms with van der Waals surface area (Å²) in [5, 5.41) is 1.29. The molecule has 1 saturated heterocycles. The maximum atomic E-state index is 5.24. The van der Waals surface area contributed by atoms with Gasteiger partial charge in [0.05, 0.1) is 6.61 Å². The third-order valence-corrected chi connectivity index (χ3v) is 5.97. The van der Waals surface area contributed by atoms with E-state index in [0.717, 1.165) is 38.7 Å². The molecule has 1 fully saturated rings. The molecular formula is C24H32N4O. The van der Waals surface area contributed by atoms with E-state index in [1.54, 1.807) is 7.11 Å². The number of hydrogen-bond acceptors (Lipinski definition) is 4. The summed E-state index contributed by atoms with van der Waals surface area (Å²) in [5.41, 5.74) is 3.84. The van der Waals surface area contributed by atoms with Gasteiger partial charge >= 0.3 is 0 Å². The van der Waals surface area contributed by atoms with Crippen molar-refractivity contribution >= 4 is 10.9 Å². The lowest BCUT2D eigenvalue weighted by Crippen LogP contribution is -2.39. The Bertz CT molecular complexity index is 838. The van der Waals surface area contributed by atoms with Gasteiger partial charge in [-0.25, -0.2) is 0 Å². The number of rotatable bonds is 9. The molecule has 0 saturated carbocycles. The van der Waals surface area contributed by atoms with Gasteiger partial charge in [-0.05, 0) is 67.1 Å². The lowest BCUT2D eigenvalue weighted by molar-refractivity contribution is 0.103. The van der Waals surface area contributed by atoms with Crippen LogP contribution in [-0.4, -0.2) is 59.7 Å². The van der Waals surface area contributed by atoms with Crippen LogP contribution in [0.25, 0.3) is 10.9 Å². The van der Waals surface area contributed by atoms with Crippen LogP contribution in [0.5, 0.6) is 0 Å². The van der Waals surface area contributed by atoms with Crippen molar-refractivity contribution in [2.45, 2.75) is 25.9 Å². The average Bonchev–Trinajstić information content (AvgIpc) is 3.16. The zero-order chi connectivity index (χ0) is 19.9. The second-order valence-electron chi connectivity index (χ2n) is 8.18. The van der Waals surface area contributed by atoms with Gasteiger partial charge in [0.15, 0.2) is 0 Å². The molecule has 3 aromatic rings. The lowest BCUT2D eigenvalue weighted by Gasteiger charge is -2.34. The number of hydrogen-bond donors (Lipinski definition) is 1. The number of fused-ring (bicyclic) bond motifs is 1. The smallest absolute Gasteiger partial charge is 0.0589 e. The van der Waals surface area contributed by atoms with Gasteiger partial charge in [-0.2, -0.15) is 0 Å². The molecular weight excluding hydrogens is 360 g/mol. The number of benzene rings is 1. The van der Waals surface area contributed by atoms with Gasteiger partial charge in [-0.3, -0.25) is 9.88 Å². The summed E-state index contributed by atoms with van der Waals surface area (Å²) in [6.07, 6.45) is 6.32. The maximum absolute atomic E-state index is 5.24. The SMILES string of the molecule is COCCN1CCC(CN(Cc2ccncc2)Cc2cc3ccccc3[nH]2)CC1. The van der Waals surface area contributed by atoms with Crippen molar-refractivity contribution in [1.29, 1.82) is 0 Å². The van der Waals surface area contributed by atoms with Crippen LogP contribution < -0.4 is 0 Å². The van der Waals surface area contributed by atoms with Crippen LogP contribution in [0.4, 0.5) is 0 Å². The summed E-state index contributed by atoms with van der Waals surface area (Å²) in [6, 6.07) is 15.1. The van der Waals surface area contributed by atoms with Crippen LogP contribution in [0.1, 0.15) is 24.1 Å². The number of nitrogens with zero attached hydrogens (tertiary/aromatic N) is 3. The fourth-order valence-corrected chi connectivity index (χ4v) is 4.37. The zero-order valence-electron chi connectivity index (χ0n) is 17.4. The average molecular weight is 393 g/mol. The van der Waals surface area contributed by atoms with Gasteiger partial charge < -0.3 is 14.6 Å². The van der Waals surface area contributed by atoms with Crippen LogP contribution in [0.3, 0.4) is 0 Å². The Morgan fingerprint density at radius 3 is 2.66 bits per heavy atom. The number of para-hydroxylation sites is 1. The fraction of sp³-hybridized carbons (Fsp3) is 0.458. The number of piperidine rings is 1. The van der Waals surface area contributed by atoms with Crippen molar-refractivity contribution in [3.05, 3.63) is 66.1 Å². The Morgan fingerprint density at radius 1 is 1.10 bits per heavy atom. The maximum Gasteiger partial charge on any atom is 0.0589 e. The standard InChI is InChI=1S/C24H32N4O/c1-29-15-14-27-12-8-21(9-13-27)18-28(17-20-6-10-25-11-7-20)19-23-16-22-4-2-3-5-24(22)26-23/h2-7,10-11,16,21,26H,8-9,12-15,17-19H2,1H3. The summed E-state index contributed by atoms with van der Waals surface area (Å²) >= 11 is 0. The Labute approximate surface area is 173 Å². The number of pyridine rings is 1. The summed E-state index contributed by atoms with van der Waals surface area (Å²) in [5.74, 6) is 0.750. The highest BCUT2D eigenvalue weighted by molar-refractivity contribution is 5.80. The molecule has 0 spiro atoms. The van der Waals surface area contributed by atoms with E-state index in [4.69, 9.17) is 4.74 Å². The van der Waals surface area contributed by atoms with Gasteiger partial charge in [0, 0.05) is 56.9 Å². The van der Waals surface area contributed by atoms with E-state index in [1.807, 2.05) is 12.4 Å². The largest absolute Gasteiger partial charge is 0.383 e. The monoisotopic (exact) mass is 392 g/mol. The number of likely N-dealkylation sites (tertiary alicyclic amines) is 1. The molecule has 0 bridgehead atoms. The summed E-state index contributed by atoms with van der Waals surface area (Å²) in [7, 11) is 1.79. The second-order valence-corrected chi connectivity index (χ2v) is 8.18. The first kappa shape index (κ1) is 20.1. The molecule has 0 aliphatic carbocycles. The van der Waals surface area contributed by atoms with E-state index in [1.165, 1.54) is 48.1 Å². The number of nitrogens with one attached hydrogen (secondary N) is 1. The molecule has 29 heavy (non-hydrogen) atoms. The quantitative estimate of drug-likeness (QED) is 0.599. The molecule has 0 radical (unpaired) electrons. The third-order valence-electron chi connectivity index (χ3n) is 5.97. The Hall–Kier alpha value is -2.21. The van der Waals surface area contributed by atoms with Crippen LogP contribution in [-0.2, 0) is 17.8 Å². The van der Waals surface area contributed by atoms with E-state index in [0.29, 0.717) is 0 Å². The first-order valence-corrected chi connectivity index (χ1v) is 10.7. The van der Waals surface area contributed by atoms with Gasteiger partial charge in [-0.15, -0.1) is 0 Å². The van der Waals surface area contributed by atoms with Gasteiger partial charge in [0.2, 0.25) is 0 Å². The van der Waals surface area contributed by atoms with Gasteiger partial charge in [0.1, 0.15) is 0 Å². The van der Waals surface area contributed by atoms with E-state index >= 15 is 0 Å². The van der Waals surface area contributed by atoms with Crippen molar-refractivity contribution < 1.29 is 4.74 Å². The summed E-state index contributed by atoms with van der Waals surface area (Å²) in [6.45, 7) is 7.30. The van der Waals surface area contributed by atoms with E-state index in [9.17, 15) is 0 Å². The first-order chi connectivity index (χ1) is 14.3. The molecule has 1 N–H and O–H groups in total. The Morgan fingerprint density at radius 2 is 1.90 bits per heavy atom. The van der Waals surface area contributed by atoms with Crippen molar-refractivity contribution in [2.75, 3.05) is 39.9 Å². The second kappa shape index (κ2) is 10.0. The molecule has 1 aliphatic heterocycles. The van der Waals surface area contributed by atoms with Crippen molar-refractivity contribution in [2.24, 2.45) is 5.92 Å². The molecule has 1 aromatic carbocycles. The molecule has 0 unspecified atom stereocenters. The van der Waals surface area contributed by atoms with Gasteiger partial charge in [0.25, 0.3) is 0 Å². The molecule has 154 valence electrons. The highest BCUT2D eigenvalue weighted by atomic mass is 16.5. The van der Waals surface area contributed by atoms with Gasteiger partial charge in [-0.1, -0.05) is 18.2 Å². The number of methoxy groups -OCH3 is 1. The van der Waals surface area contributed by atoms with E-state index in [2.05, 4.69) is 62.2 Å². The predicted molar refractivity (Wildman–Crippen MR) is 118 cm³/mol. The number of aromatic nitrogens is 2. The van der Waals surface area contributed by atoms with Crippen molar-refractivity contribution in [3.63, 3.8) is 0 Å².